The predicted molar refractivity (Wildman–Crippen MR) is 79.8 cm³/mol. The molecule has 0 radical (unpaired) electrons. The van der Waals surface area contributed by atoms with Crippen molar-refractivity contribution < 1.29 is 19.5 Å². The largest absolute Gasteiger partial charge is 0.461 e. The van der Waals surface area contributed by atoms with Crippen molar-refractivity contribution in [2.24, 2.45) is 17.8 Å². The Labute approximate surface area is 127 Å². The summed E-state index contributed by atoms with van der Waals surface area (Å²) in [6, 6.07) is 0. The fourth-order valence-corrected chi connectivity index (χ4v) is 4.72. The number of carbonyl (C=O) groups is 1. The molecule has 5 atom stereocenters. The van der Waals surface area contributed by atoms with Crippen molar-refractivity contribution in [1.29, 1.82) is 0 Å². The molecule has 1 saturated carbocycles. The summed E-state index contributed by atoms with van der Waals surface area (Å²) in [5, 5.41) is 10.8. The maximum Gasteiger partial charge on any atom is 0.315 e. The summed E-state index contributed by atoms with van der Waals surface area (Å²) in [6.07, 6.45) is 3.67. The molecule has 0 unspecified atom stereocenters. The Kier molecular flexibility index (Phi) is 3.65. The van der Waals surface area contributed by atoms with Gasteiger partial charge >= 0.3 is 5.97 Å². The summed E-state index contributed by atoms with van der Waals surface area (Å²) in [4.78, 5) is 13.6. The van der Waals surface area contributed by atoms with Gasteiger partial charge in [0.25, 0.3) is 0 Å². The fourth-order valence-electron chi connectivity index (χ4n) is 4.72. The molecule has 0 amide bonds. The van der Waals surface area contributed by atoms with Gasteiger partial charge in [-0.15, -0.1) is 0 Å². The maximum absolute atomic E-state index is 12.3. The second kappa shape index (κ2) is 5.10. The summed E-state index contributed by atoms with van der Waals surface area (Å²) >= 11 is 0. The molecule has 1 aliphatic heterocycles. The minimum Gasteiger partial charge on any atom is -0.461 e. The lowest BCUT2D eigenvalue weighted by Gasteiger charge is -2.32. The van der Waals surface area contributed by atoms with Crippen LogP contribution in [-0.4, -0.2) is 43.4 Å². The lowest BCUT2D eigenvalue weighted by Crippen LogP contribution is -3.06. The summed E-state index contributed by atoms with van der Waals surface area (Å²) < 4.78 is 5.81. The first-order valence-corrected chi connectivity index (χ1v) is 8.21. The predicted octanol–water partition coefficient (Wildman–Crippen LogP) is 0.560. The molecule has 3 aliphatic rings. The van der Waals surface area contributed by atoms with Crippen LogP contribution in [0, 0.1) is 17.8 Å². The molecule has 3 rings (SSSR count). The highest BCUT2D eigenvalue weighted by atomic mass is 16.6. The molecule has 4 nitrogen and oxygen atoms in total. The van der Waals surface area contributed by atoms with Crippen molar-refractivity contribution in [2.75, 3.05) is 20.6 Å². The minimum absolute atomic E-state index is 0.0103. The number of carbonyl (C=O) groups excluding carboxylic acids is 1. The van der Waals surface area contributed by atoms with E-state index in [1.807, 2.05) is 6.92 Å². The van der Waals surface area contributed by atoms with Crippen molar-refractivity contribution >= 4 is 5.97 Å². The molecule has 2 aliphatic carbocycles. The van der Waals surface area contributed by atoms with Gasteiger partial charge in [0.15, 0.2) is 0 Å². The Balaban J connectivity index is 1.95. The normalized spacial score (nSPS) is 42.9. The van der Waals surface area contributed by atoms with Gasteiger partial charge in [-0.1, -0.05) is 11.1 Å². The number of allylic oxidation sites excluding steroid dienone is 1. The van der Waals surface area contributed by atoms with E-state index >= 15 is 0 Å². The standard InChI is InChI=1S/C17H27NO3/c1-10-5-6-12-13(9-18(3)4)16(19)21-15(12)14-11(10)7-8-17(14,2)20/h12-15,20H,5-9H2,1-4H3/p+1/t12-,13-,14-,15-,17+/m0/s1. The second-order valence-electron chi connectivity index (χ2n) is 7.76. The van der Waals surface area contributed by atoms with Crippen LogP contribution < -0.4 is 4.90 Å². The van der Waals surface area contributed by atoms with Crippen LogP contribution >= 0.6 is 0 Å². The molecule has 21 heavy (non-hydrogen) atoms. The quantitative estimate of drug-likeness (QED) is 0.578. The van der Waals surface area contributed by atoms with Gasteiger partial charge in [0.05, 0.1) is 26.2 Å². The summed E-state index contributed by atoms with van der Waals surface area (Å²) in [7, 11) is 4.16. The van der Waals surface area contributed by atoms with E-state index in [9.17, 15) is 9.90 Å². The zero-order valence-electron chi connectivity index (χ0n) is 13.6. The van der Waals surface area contributed by atoms with Crippen LogP contribution in [0.2, 0.25) is 0 Å². The third-order valence-electron chi connectivity index (χ3n) is 5.80. The Bertz CT molecular complexity index is 480. The topological polar surface area (TPSA) is 51.0 Å². The molecule has 0 bridgehead atoms. The Hall–Kier alpha value is -0.870. The van der Waals surface area contributed by atoms with E-state index < -0.39 is 5.60 Å². The maximum atomic E-state index is 12.3. The summed E-state index contributed by atoms with van der Waals surface area (Å²) in [6.45, 7) is 4.93. The van der Waals surface area contributed by atoms with Crippen LogP contribution in [0.5, 0.6) is 0 Å². The van der Waals surface area contributed by atoms with Crippen molar-refractivity contribution in [3.05, 3.63) is 11.1 Å². The number of nitrogens with one attached hydrogen (secondary N) is 1. The first kappa shape index (κ1) is 15.0. The first-order chi connectivity index (χ1) is 9.81. The molecular formula is C17H28NO3+. The van der Waals surface area contributed by atoms with Crippen molar-refractivity contribution in [3.8, 4) is 0 Å². The van der Waals surface area contributed by atoms with Gasteiger partial charge in [0, 0.05) is 11.8 Å². The number of esters is 1. The summed E-state index contributed by atoms with van der Waals surface area (Å²) in [5.74, 6) is 0.210. The number of fused-ring (bicyclic) bond motifs is 3. The fraction of sp³-hybridized carbons (Fsp3) is 0.824. The molecule has 0 spiro atoms. The van der Waals surface area contributed by atoms with Crippen LogP contribution in [0.15, 0.2) is 11.1 Å². The Morgan fingerprint density at radius 1 is 1.38 bits per heavy atom. The van der Waals surface area contributed by atoms with E-state index in [1.165, 1.54) is 16.0 Å². The van der Waals surface area contributed by atoms with Crippen LogP contribution in [0.4, 0.5) is 0 Å². The molecular weight excluding hydrogens is 266 g/mol. The lowest BCUT2D eigenvalue weighted by atomic mass is 9.77. The number of hydrogen-bond donors (Lipinski definition) is 2. The van der Waals surface area contributed by atoms with E-state index in [1.54, 1.807) is 0 Å². The molecule has 0 aromatic rings. The van der Waals surface area contributed by atoms with Crippen LogP contribution in [-0.2, 0) is 9.53 Å². The third-order valence-corrected chi connectivity index (χ3v) is 5.80. The minimum atomic E-state index is -0.732. The molecule has 1 heterocycles. The Morgan fingerprint density at radius 2 is 2.10 bits per heavy atom. The van der Waals surface area contributed by atoms with Gasteiger partial charge < -0.3 is 14.7 Å². The number of ether oxygens (including phenoxy) is 1. The lowest BCUT2D eigenvalue weighted by molar-refractivity contribution is -0.861. The number of quaternary nitrogens is 1. The van der Waals surface area contributed by atoms with E-state index in [4.69, 9.17) is 4.74 Å². The highest BCUT2D eigenvalue weighted by molar-refractivity contribution is 5.75. The van der Waals surface area contributed by atoms with Gasteiger partial charge in [-0.2, -0.15) is 0 Å². The monoisotopic (exact) mass is 294 g/mol. The third kappa shape index (κ3) is 2.42. The van der Waals surface area contributed by atoms with Gasteiger partial charge in [-0.3, -0.25) is 4.79 Å². The zero-order valence-corrected chi connectivity index (χ0v) is 13.6. The number of aliphatic hydroxyl groups is 1. The highest BCUT2D eigenvalue weighted by Crippen LogP contribution is 2.52. The molecule has 1 saturated heterocycles. The van der Waals surface area contributed by atoms with Gasteiger partial charge in [-0.25, -0.2) is 0 Å². The Morgan fingerprint density at radius 3 is 2.76 bits per heavy atom. The highest BCUT2D eigenvalue weighted by Gasteiger charge is 2.57. The van der Waals surface area contributed by atoms with Gasteiger partial charge in [0.2, 0.25) is 0 Å². The van der Waals surface area contributed by atoms with Crippen LogP contribution in [0.25, 0.3) is 0 Å². The van der Waals surface area contributed by atoms with E-state index in [0.717, 1.165) is 32.2 Å². The smallest absolute Gasteiger partial charge is 0.315 e. The average molecular weight is 294 g/mol. The molecule has 0 aromatic heterocycles. The SMILES string of the molecule is CC1=C2CC[C@@](C)(O)[C@@H]2[C@H]2OC(=O)[C@@H](C[NH+](C)C)[C@@H]2CC1. The zero-order chi connectivity index (χ0) is 15.4. The van der Waals surface area contributed by atoms with E-state index in [0.29, 0.717) is 0 Å². The molecule has 2 N–H and O–H groups in total. The van der Waals surface area contributed by atoms with Gasteiger partial charge in [0.1, 0.15) is 12.0 Å². The van der Waals surface area contributed by atoms with E-state index in [2.05, 4.69) is 21.0 Å². The van der Waals surface area contributed by atoms with Crippen molar-refractivity contribution in [1.82, 2.24) is 0 Å². The van der Waals surface area contributed by atoms with Crippen LogP contribution in [0.3, 0.4) is 0 Å². The van der Waals surface area contributed by atoms with Crippen molar-refractivity contribution in [2.45, 2.75) is 51.2 Å². The number of rotatable bonds is 2. The molecule has 2 fully saturated rings. The molecule has 118 valence electrons. The van der Waals surface area contributed by atoms with Gasteiger partial charge in [-0.05, 0) is 39.5 Å². The molecule has 0 aromatic carbocycles. The average Bonchev–Trinajstić information content (AvgIpc) is 2.79. The van der Waals surface area contributed by atoms with Crippen molar-refractivity contribution in [3.63, 3.8) is 0 Å². The molecule has 4 heteroatoms. The van der Waals surface area contributed by atoms with Crippen LogP contribution in [0.1, 0.15) is 39.5 Å². The second-order valence-corrected chi connectivity index (χ2v) is 7.76. The number of hydrogen-bond acceptors (Lipinski definition) is 3. The first-order valence-electron chi connectivity index (χ1n) is 8.21. The van der Waals surface area contributed by atoms with E-state index in [-0.39, 0.29) is 29.8 Å². The summed E-state index contributed by atoms with van der Waals surface area (Å²) in [5.41, 5.74) is 2.04.